The van der Waals surface area contributed by atoms with Crippen molar-refractivity contribution in [1.29, 1.82) is 0 Å². The zero-order chi connectivity index (χ0) is 16.2. The van der Waals surface area contributed by atoms with Crippen LogP contribution in [-0.2, 0) is 4.74 Å². The number of carbonyl (C=O) groups is 2. The number of alkyl carbamates (subject to hydrolysis) is 1. The lowest BCUT2D eigenvalue weighted by Crippen LogP contribution is -2.40. The predicted molar refractivity (Wildman–Crippen MR) is 83.5 cm³/mol. The lowest BCUT2D eigenvalue weighted by Gasteiger charge is -2.22. The van der Waals surface area contributed by atoms with Gasteiger partial charge in [-0.15, -0.1) is 11.3 Å². The van der Waals surface area contributed by atoms with Gasteiger partial charge in [-0.05, 0) is 41.5 Å². The van der Waals surface area contributed by atoms with Gasteiger partial charge < -0.3 is 14.8 Å². The summed E-state index contributed by atoms with van der Waals surface area (Å²) in [5.41, 5.74) is 0.433. The molecule has 0 saturated heterocycles. The monoisotopic (exact) mass is 313 g/mol. The number of hydrogen-bond donors (Lipinski definition) is 1. The van der Waals surface area contributed by atoms with E-state index in [1.807, 2.05) is 41.5 Å². The van der Waals surface area contributed by atoms with Crippen LogP contribution >= 0.6 is 11.3 Å². The second-order valence-electron chi connectivity index (χ2n) is 5.95. The van der Waals surface area contributed by atoms with Crippen LogP contribution in [0.5, 0.6) is 5.75 Å². The first-order chi connectivity index (χ1) is 9.64. The Morgan fingerprint density at radius 3 is 2.52 bits per heavy atom. The maximum Gasteiger partial charge on any atom is 0.407 e. The molecule has 0 radical (unpaired) electrons. The van der Waals surface area contributed by atoms with Crippen LogP contribution in [0.4, 0.5) is 4.79 Å². The molecule has 1 N–H and O–H groups in total. The lowest BCUT2D eigenvalue weighted by molar-refractivity contribution is 0.0493. The summed E-state index contributed by atoms with van der Waals surface area (Å²) >= 11 is 1.41. The fourth-order valence-electron chi connectivity index (χ4n) is 1.65. The minimum Gasteiger partial charge on any atom is -0.490 e. The number of rotatable bonds is 5. The Morgan fingerprint density at radius 1 is 1.38 bits per heavy atom. The molecule has 1 atom stereocenters. The summed E-state index contributed by atoms with van der Waals surface area (Å²) in [5.74, 6) is 0.602. The van der Waals surface area contributed by atoms with Gasteiger partial charge in [0.15, 0.2) is 6.29 Å². The number of hydrogen-bond acceptors (Lipinski definition) is 5. The Kier molecular flexibility index (Phi) is 5.78. The second-order valence-corrected chi connectivity index (χ2v) is 7.21. The minimum atomic E-state index is -0.531. The number of thiophene rings is 1. The van der Waals surface area contributed by atoms with Crippen molar-refractivity contribution in [2.75, 3.05) is 6.61 Å². The van der Waals surface area contributed by atoms with Crippen molar-refractivity contribution in [1.82, 2.24) is 5.32 Å². The first kappa shape index (κ1) is 17.5. The van der Waals surface area contributed by atoms with Crippen molar-refractivity contribution < 1.29 is 19.1 Å². The Balaban J connectivity index is 2.56. The van der Waals surface area contributed by atoms with Gasteiger partial charge in [0.1, 0.15) is 22.8 Å². The highest BCUT2D eigenvalue weighted by molar-refractivity contribution is 7.14. The molecule has 1 aromatic rings. The molecule has 0 aromatic carbocycles. The maximum absolute atomic E-state index is 11.6. The summed E-state index contributed by atoms with van der Waals surface area (Å²) in [5, 5.41) is 2.70. The van der Waals surface area contributed by atoms with E-state index in [0.29, 0.717) is 10.6 Å². The van der Waals surface area contributed by atoms with Crippen LogP contribution in [0.2, 0.25) is 0 Å². The fourth-order valence-corrected chi connectivity index (χ4v) is 2.58. The molecule has 1 rings (SSSR count). The molecule has 0 aliphatic rings. The van der Waals surface area contributed by atoms with Crippen LogP contribution < -0.4 is 10.1 Å². The van der Waals surface area contributed by atoms with E-state index in [-0.39, 0.29) is 12.6 Å². The van der Waals surface area contributed by atoms with Crippen molar-refractivity contribution in [2.45, 2.75) is 53.2 Å². The van der Waals surface area contributed by atoms with Gasteiger partial charge in [-0.1, -0.05) is 0 Å². The summed E-state index contributed by atoms with van der Waals surface area (Å²) in [4.78, 5) is 24.3. The van der Waals surface area contributed by atoms with Gasteiger partial charge >= 0.3 is 6.09 Å². The first-order valence-corrected chi connectivity index (χ1v) is 7.63. The molecule has 1 heterocycles. The van der Waals surface area contributed by atoms with Crippen LogP contribution in [0.25, 0.3) is 0 Å². The molecule has 6 heteroatoms. The molecule has 0 bridgehead atoms. The molecule has 5 nitrogen and oxygen atoms in total. The van der Waals surface area contributed by atoms with Gasteiger partial charge in [0.25, 0.3) is 0 Å². The molecular formula is C15H23NO4S. The third kappa shape index (κ3) is 5.38. The van der Waals surface area contributed by atoms with E-state index in [1.165, 1.54) is 11.3 Å². The SMILES string of the molecule is Cc1sc(C=O)c(OCC(C)NC(=O)OC(C)(C)C)c1C. The van der Waals surface area contributed by atoms with E-state index in [0.717, 1.165) is 16.7 Å². The number of ether oxygens (including phenoxy) is 2. The summed E-state index contributed by atoms with van der Waals surface area (Å²) < 4.78 is 10.9. The smallest absolute Gasteiger partial charge is 0.407 e. The minimum absolute atomic E-state index is 0.223. The molecule has 0 fully saturated rings. The molecule has 0 aliphatic heterocycles. The quantitative estimate of drug-likeness (QED) is 0.845. The third-order valence-electron chi connectivity index (χ3n) is 2.70. The topological polar surface area (TPSA) is 64.6 Å². The van der Waals surface area contributed by atoms with Crippen molar-refractivity contribution >= 4 is 23.7 Å². The molecule has 21 heavy (non-hydrogen) atoms. The molecule has 1 unspecified atom stereocenters. The summed E-state index contributed by atoms with van der Waals surface area (Å²) in [7, 11) is 0. The van der Waals surface area contributed by atoms with E-state index in [4.69, 9.17) is 9.47 Å². The highest BCUT2D eigenvalue weighted by Crippen LogP contribution is 2.33. The fraction of sp³-hybridized carbons (Fsp3) is 0.600. The predicted octanol–water partition coefficient (Wildman–Crippen LogP) is 3.47. The van der Waals surface area contributed by atoms with Crippen LogP contribution in [0.1, 0.15) is 47.8 Å². The number of aldehydes is 1. The zero-order valence-corrected chi connectivity index (χ0v) is 14.2. The number of amides is 1. The normalized spacial score (nSPS) is 12.7. The second kappa shape index (κ2) is 6.93. The van der Waals surface area contributed by atoms with E-state index >= 15 is 0 Å². The Labute approximate surface area is 129 Å². The van der Waals surface area contributed by atoms with Crippen LogP contribution in [-0.4, -0.2) is 30.6 Å². The first-order valence-electron chi connectivity index (χ1n) is 6.81. The van der Waals surface area contributed by atoms with Gasteiger partial charge in [-0.3, -0.25) is 4.79 Å². The molecule has 0 aliphatic carbocycles. The summed E-state index contributed by atoms with van der Waals surface area (Å²) in [6.45, 7) is 11.4. The van der Waals surface area contributed by atoms with Crippen LogP contribution in [0.3, 0.4) is 0 Å². The van der Waals surface area contributed by atoms with Gasteiger partial charge in [-0.2, -0.15) is 0 Å². The number of nitrogens with one attached hydrogen (secondary N) is 1. The molecule has 1 amide bonds. The van der Waals surface area contributed by atoms with E-state index in [9.17, 15) is 9.59 Å². The maximum atomic E-state index is 11.6. The van der Waals surface area contributed by atoms with Crippen LogP contribution in [0.15, 0.2) is 0 Å². The van der Waals surface area contributed by atoms with Crippen molar-refractivity contribution in [3.05, 3.63) is 15.3 Å². The van der Waals surface area contributed by atoms with Gasteiger partial charge in [-0.25, -0.2) is 4.79 Å². The van der Waals surface area contributed by atoms with Gasteiger partial charge in [0, 0.05) is 10.4 Å². The van der Waals surface area contributed by atoms with E-state index < -0.39 is 11.7 Å². The van der Waals surface area contributed by atoms with Gasteiger partial charge in [0.05, 0.1) is 6.04 Å². The van der Waals surface area contributed by atoms with E-state index in [1.54, 1.807) is 0 Å². The Morgan fingerprint density at radius 2 is 2.00 bits per heavy atom. The lowest BCUT2D eigenvalue weighted by atomic mass is 10.2. The standard InChI is InChI=1S/C15H23NO4S/c1-9(16-14(18)20-15(4,5)6)8-19-13-10(2)11(3)21-12(13)7-17/h7,9H,8H2,1-6H3,(H,16,18). The number of aryl methyl sites for hydroxylation is 1. The van der Waals surface area contributed by atoms with Gasteiger partial charge in [0.2, 0.25) is 0 Å². The van der Waals surface area contributed by atoms with Crippen molar-refractivity contribution in [2.24, 2.45) is 0 Å². The van der Waals surface area contributed by atoms with Crippen LogP contribution in [0, 0.1) is 13.8 Å². The van der Waals surface area contributed by atoms with E-state index in [2.05, 4.69) is 5.32 Å². The van der Waals surface area contributed by atoms with Crippen molar-refractivity contribution in [3.8, 4) is 5.75 Å². The molecule has 0 saturated carbocycles. The Hall–Kier alpha value is -1.56. The average Bonchev–Trinajstić information content (AvgIpc) is 2.60. The zero-order valence-electron chi connectivity index (χ0n) is 13.4. The molecule has 118 valence electrons. The summed E-state index contributed by atoms with van der Waals surface area (Å²) in [6, 6.07) is -0.223. The molecule has 1 aromatic heterocycles. The average molecular weight is 313 g/mol. The largest absolute Gasteiger partial charge is 0.490 e. The molecule has 0 spiro atoms. The molecular weight excluding hydrogens is 290 g/mol. The summed E-state index contributed by atoms with van der Waals surface area (Å²) in [6.07, 6.45) is 0.318. The number of carbonyl (C=O) groups excluding carboxylic acids is 2. The highest BCUT2D eigenvalue weighted by Gasteiger charge is 2.19. The van der Waals surface area contributed by atoms with Crippen molar-refractivity contribution in [3.63, 3.8) is 0 Å². The Bertz CT molecular complexity index is 516. The third-order valence-corrected chi connectivity index (χ3v) is 3.82. The highest BCUT2D eigenvalue weighted by atomic mass is 32.1.